The van der Waals surface area contributed by atoms with Crippen molar-refractivity contribution in [3.05, 3.63) is 47.5 Å². The molecule has 2 nitrogen and oxygen atoms in total. The highest BCUT2D eigenvalue weighted by Gasteiger charge is 2.59. The van der Waals surface area contributed by atoms with Crippen molar-refractivity contribution < 1.29 is 10.2 Å². The molecule has 0 aromatic heterocycles. The van der Waals surface area contributed by atoms with Crippen molar-refractivity contribution in [2.24, 2.45) is 40.4 Å². The Labute approximate surface area is 182 Å². The summed E-state index contributed by atoms with van der Waals surface area (Å²) in [5, 5.41) is 21.4. The minimum Gasteiger partial charge on any atom is -0.393 e. The van der Waals surface area contributed by atoms with Gasteiger partial charge in [-0.15, -0.1) is 0 Å². The molecule has 0 spiro atoms. The van der Waals surface area contributed by atoms with E-state index in [2.05, 4.69) is 39.0 Å². The standard InChI is InChI=1S/C28H40O2/c1-18(26(30)19-7-5-4-6-8-19)23-11-12-24-22-10-9-20-17-21(29)13-15-27(20,2)25(22)14-16-28(23,24)3/h4-9,18,21-26,29-30H,10-17H2,1-3H3/t18-,21?,22?,23?,24?,25?,26?,27?,28?/m0/s1. The van der Waals surface area contributed by atoms with Gasteiger partial charge in [-0.05, 0) is 97.3 Å². The van der Waals surface area contributed by atoms with Gasteiger partial charge in [0.2, 0.25) is 0 Å². The predicted molar refractivity (Wildman–Crippen MR) is 122 cm³/mol. The lowest BCUT2D eigenvalue weighted by Gasteiger charge is -2.58. The van der Waals surface area contributed by atoms with Crippen LogP contribution < -0.4 is 0 Å². The number of rotatable bonds is 3. The molecule has 9 atom stereocenters. The van der Waals surface area contributed by atoms with Crippen LogP contribution in [-0.2, 0) is 0 Å². The molecule has 3 fully saturated rings. The molecule has 2 heteroatoms. The molecule has 0 aliphatic heterocycles. The highest BCUT2D eigenvalue weighted by atomic mass is 16.3. The van der Waals surface area contributed by atoms with E-state index < -0.39 is 0 Å². The van der Waals surface area contributed by atoms with Gasteiger partial charge < -0.3 is 10.2 Å². The SMILES string of the molecule is C[C@H](C(O)c1ccccc1)C1CCC2C3CC=C4CC(O)CCC4(C)C3CCC21C. The highest BCUT2D eigenvalue weighted by Crippen LogP contribution is 2.67. The summed E-state index contributed by atoms with van der Waals surface area (Å²) in [6, 6.07) is 10.3. The number of allylic oxidation sites excluding steroid dienone is 1. The van der Waals surface area contributed by atoms with Gasteiger partial charge in [0, 0.05) is 0 Å². The van der Waals surface area contributed by atoms with Crippen LogP contribution in [0.3, 0.4) is 0 Å². The molecule has 1 aromatic carbocycles. The zero-order valence-electron chi connectivity index (χ0n) is 19.1. The molecule has 8 unspecified atom stereocenters. The Morgan fingerprint density at radius 1 is 0.967 bits per heavy atom. The average molecular weight is 409 g/mol. The first-order valence-corrected chi connectivity index (χ1v) is 12.4. The zero-order valence-corrected chi connectivity index (χ0v) is 19.1. The second kappa shape index (κ2) is 7.48. The van der Waals surface area contributed by atoms with Crippen LogP contribution in [0.25, 0.3) is 0 Å². The van der Waals surface area contributed by atoms with Crippen molar-refractivity contribution in [1.82, 2.24) is 0 Å². The summed E-state index contributed by atoms with van der Waals surface area (Å²) in [6.45, 7) is 7.37. The van der Waals surface area contributed by atoms with Crippen LogP contribution in [0.5, 0.6) is 0 Å². The summed E-state index contributed by atoms with van der Waals surface area (Å²) in [6.07, 6.45) is 11.5. The van der Waals surface area contributed by atoms with E-state index in [1.165, 1.54) is 32.1 Å². The smallest absolute Gasteiger partial charge is 0.0818 e. The summed E-state index contributed by atoms with van der Waals surface area (Å²) in [5.41, 5.74) is 3.31. The summed E-state index contributed by atoms with van der Waals surface area (Å²) in [5.74, 6) is 3.27. The van der Waals surface area contributed by atoms with E-state index >= 15 is 0 Å². The van der Waals surface area contributed by atoms with Crippen molar-refractivity contribution in [2.75, 3.05) is 0 Å². The fraction of sp³-hybridized carbons (Fsp3) is 0.714. The molecule has 30 heavy (non-hydrogen) atoms. The van der Waals surface area contributed by atoms with Gasteiger partial charge in [-0.2, -0.15) is 0 Å². The fourth-order valence-electron chi connectivity index (χ4n) is 8.72. The monoisotopic (exact) mass is 408 g/mol. The van der Waals surface area contributed by atoms with E-state index in [1.54, 1.807) is 5.57 Å². The van der Waals surface area contributed by atoms with Gasteiger partial charge in [0.15, 0.2) is 0 Å². The molecular weight excluding hydrogens is 368 g/mol. The molecule has 0 heterocycles. The third kappa shape index (κ3) is 3.05. The number of hydrogen-bond donors (Lipinski definition) is 2. The molecule has 0 saturated heterocycles. The number of fused-ring (bicyclic) bond motifs is 5. The number of hydrogen-bond acceptors (Lipinski definition) is 2. The van der Waals surface area contributed by atoms with Crippen molar-refractivity contribution >= 4 is 0 Å². The molecular formula is C28H40O2. The molecule has 2 N–H and O–H groups in total. The third-order valence-corrected chi connectivity index (χ3v) is 10.4. The Morgan fingerprint density at radius 3 is 2.50 bits per heavy atom. The first-order chi connectivity index (χ1) is 14.3. The maximum atomic E-state index is 11.2. The van der Waals surface area contributed by atoms with Crippen LogP contribution in [-0.4, -0.2) is 16.3 Å². The zero-order chi connectivity index (χ0) is 21.1. The van der Waals surface area contributed by atoms with Crippen LogP contribution in [0, 0.1) is 40.4 Å². The molecule has 1 aromatic rings. The van der Waals surface area contributed by atoms with Gasteiger partial charge in [0.25, 0.3) is 0 Å². The Morgan fingerprint density at radius 2 is 1.73 bits per heavy atom. The molecule has 3 saturated carbocycles. The number of benzene rings is 1. The second-order valence-electron chi connectivity index (χ2n) is 11.6. The number of aliphatic hydroxyl groups is 2. The molecule has 4 aliphatic rings. The lowest BCUT2D eigenvalue weighted by molar-refractivity contribution is -0.0676. The maximum absolute atomic E-state index is 11.2. The van der Waals surface area contributed by atoms with Gasteiger partial charge in [0.1, 0.15) is 0 Å². The van der Waals surface area contributed by atoms with Gasteiger partial charge in [0.05, 0.1) is 12.2 Å². The van der Waals surface area contributed by atoms with Crippen molar-refractivity contribution in [3.63, 3.8) is 0 Å². The Balaban J connectivity index is 1.39. The first-order valence-electron chi connectivity index (χ1n) is 12.4. The van der Waals surface area contributed by atoms with Gasteiger partial charge >= 0.3 is 0 Å². The van der Waals surface area contributed by atoms with E-state index in [4.69, 9.17) is 0 Å². The average Bonchev–Trinajstić information content (AvgIpc) is 3.11. The normalized spacial score (nSPS) is 45.0. The van der Waals surface area contributed by atoms with Crippen LogP contribution in [0.2, 0.25) is 0 Å². The maximum Gasteiger partial charge on any atom is 0.0818 e. The molecule has 164 valence electrons. The Bertz CT molecular complexity index is 800. The van der Waals surface area contributed by atoms with Crippen LogP contribution >= 0.6 is 0 Å². The fourth-order valence-corrected chi connectivity index (χ4v) is 8.72. The molecule has 4 aliphatic carbocycles. The largest absolute Gasteiger partial charge is 0.393 e. The van der Waals surface area contributed by atoms with Crippen molar-refractivity contribution in [2.45, 2.75) is 84.3 Å². The minimum atomic E-state index is -0.361. The summed E-state index contributed by atoms with van der Waals surface area (Å²) in [4.78, 5) is 0. The second-order valence-corrected chi connectivity index (χ2v) is 11.6. The molecule has 0 amide bonds. The van der Waals surface area contributed by atoms with E-state index in [9.17, 15) is 10.2 Å². The van der Waals surface area contributed by atoms with E-state index in [-0.39, 0.29) is 12.2 Å². The lowest BCUT2D eigenvalue weighted by Crippen LogP contribution is -2.51. The first kappa shape index (κ1) is 20.8. The van der Waals surface area contributed by atoms with Gasteiger partial charge in [-0.25, -0.2) is 0 Å². The third-order valence-electron chi connectivity index (χ3n) is 10.4. The van der Waals surface area contributed by atoms with E-state index in [0.29, 0.717) is 22.7 Å². The van der Waals surface area contributed by atoms with Crippen LogP contribution in [0.4, 0.5) is 0 Å². The topological polar surface area (TPSA) is 40.5 Å². The van der Waals surface area contributed by atoms with E-state index in [1.807, 2.05) is 18.2 Å². The summed E-state index contributed by atoms with van der Waals surface area (Å²) < 4.78 is 0. The molecule has 0 radical (unpaired) electrons. The Kier molecular flexibility index (Phi) is 5.18. The summed E-state index contributed by atoms with van der Waals surface area (Å²) >= 11 is 0. The lowest BCUT2D eigenvalue weighted by atomic mass is 9.47. The minimum absolute atomic E-state index is 0.120. The Hall–Kier alpha value is -1.12. The van der Waals surface area contributed by atoms with E-state index in [0.717, 1.165) is 42.6 Å². The quantitative estimate of drug-likeness (QED) is 0.577. The van der Waals surface area contributed by atoms with Gasteiger partial charge in [-0.1, -0.05) is 62.8 Å². The molecule has 0 bridgehead atoms. The van der Waals surface area contributed by atoms with Gasteiger partial charge in [-0.3, -0.25) is 0 Å². The predicted octanol–water partition coefficient (Wildman–Crippen LogP) is 6.30. The summed E-state index contributed by atoms with van der Waals surface area (Å²) in [7, 11) is 0. The highest BCUT2D eigenvalue weighted by molar-refractivity contribution is 5.26. The van der Waals surface area contributed by atoms with Crippen molar-refractivity contribution in [1.29, 1.82) is 0 Å². The molecule has 5 rings (SSSR count). The van der Waals surface area contributed by atoms with Crippen LogP contribution in [0.15, 0.2) is 42.0 Å². The van der Waals surface area contributed by atoms with Crippen molar-refractivity contribution in [3.8, 4) is 0 Å². The number of aliphatic hydroxyl groups excluding tert-OH is 2. The van der Waals surface area contributed by atoms with Crippen LogP contribution in [0.1, 0.15) is 83.8 Å².